The van der Waals surface area contributed by atoms with E-state index in [1.807, 2.05) is 55.9 Å². The van der Waals surface area contributed by atoms with Crippen LogP contribution in [0, 0.1) is 6.92 Å². The third-order valence-electron chi connectivity index (χ3n) is 5.95. The maximum absolute atomic E-state index is 5.91. The number of pyridine rings is 1. The number of ether oxygens (including phenoxy) is 2. The molecule has 1 fully saturated rings. The number of nitrogens with one attached hydrogen (secondary N) is 1. The van der Waals surface area contributed by atoms with Crippen molar-refractivity contribution in [2.75, 3.05) is 37.0 Å². The molecule has 0 spiro atoms. The Morgan fingerprint density at radius 1 is 1.21 bits per heavy atom. The molecule has 1 unspecified atom stereocenters. The van der Waals surface area contributed by atoms with E-state index >= 15 is 0 Å². The molecule has 4 heterocycles. The van der Waals surface area contributed by atoms with Crippen LogP contribution < -0.4 is 15.0 Å². The van der Waals surface area contributed by atoms with Crippen LogP contribution in [0.3, 0.4) is 0 Å². The van der Waals surface area contributed by atoms with Crippen molar-refractivity contribution in [2.45, 2.75) is 26.4 Å². The monoisotopic (exact) mass is 460 g/mol. The Hall–Kier alpha value is -3.79. The van der Waals surface area contributed by atoms with E-state index < -0.39 is 0 Å². The molecular formula is C24H28N8O2. The van der Waals surface area contributed by atoms with Crippen LogP contribution in [-0.4, -0.2) is 62.6 Å². The minimum Gasteiger partial charge on any atom is -0.492 e. The topological polar surface area (TPSA) is 103 Å². The predicted octanol–water partition coefficient (Wildman–Crippen LogP) is 3.50. The Morgan fingerprint density at radius 2 is 2.09 bits per heavy atom. The van der Waals surface area contributed by atoms with Crippen LogP contribution in [-0.2, 0) is 11.8 Å². The van der Waals surface area contributed by atoms with Gasteiger partial charge in [0.25, 0.3) is 0 Å². The van der Waals surface area contributed by atoms with E-state index in [1.165, 1.54) is 0 Å². The van der Waals surface area contributed by atoms with Crippen molar-refractivity contribution in [3.63, 3.8) is 0 Å². The van der Waals surface area contributed by atoms with Crippen LogP contribution >= 0.6 is 0 Å². The number of aromatic nitrogens is 6. The number of fused-ring (bicyclic) bond motifs is 1. The van der Waals surface area contributed by atoms with Crippen LogP contribution in [0.25, 0.3) is 22.3 Å². The maximum atomic E-state index is 5.91. The molecule has 0 bridgehead atoms. The summed E-state index contributed by atoms with van der Waals surface area (Å²) in [5, 5.41) is 12.4. The highest BCUT2D eigenvalue weighted by Crippen LogP contribution is 2.33. The second-order valence-electron chi connectivity index (χ2n) is 8.35. The molecule has 0 saturated carbocycles. The Bertz CT molecular complexity index is 1320. The van der Waals surface area contributed by atoms with Gasteiger partial charge < -0.3 is 24.3 Å². The molecule has 10 nitrogen and oxygen atoms in total. The lowest BCUT2D eigenvalue weighted by Gasteiger charge is -2.19. The molecule has 0 aliphatic carbocycles. The number of anilines is 3. The van der Waals surface area contributed by atoms with Crippen LogP contribution in [0.5, 0.6) is 5.75 Å². The molecule has 10 heteroatoms. The fraction of sp³-hybridized carbons (Fsp3) is 0.375. The van der Waals surface area contributed by atoms with Crippen LogP contribution in [0.1, 0.15) is 19.0 Å². The lowest BCUT2D eigenvalue weighted by molar-refractivity contribution is 0.121. The van der Waals surface area contributed by atoms with Gasteiger partial charge in [0, 0.05) is 50.1 Å². The van der Waals surface area contributed by atoms with Crippen LogP contribution in [0.4, 0.5) is 17.5 Å². The fourth-order valence-corrected chi connectivity index (χ4v) is 4.25. The van der Waals surface area contributed by atoms with Gasteiger partial charge in [-0.25, -0.2) is 15.0 Å². The summed E-state index contributed by atoms with van der Waals surface area (Å²) in [6.45, 7) is 6.15. The number of benzene rings is 1. The Morgan fingerprint density at radius 3 is 2.82 bits per heavy atom. The quantitative estimate of drug-likeness (QED) is 0.444. The van der Waals surface area contributed by atoms with Gasteiger partial charge >= 0.3 is 0 Å². The Labute approximate surface area is 198 Å². The van der Waals surface area contributed by atoms with E-state index in [4.69, 9.17) is 19.4 Å². The summed E-state index contributed by atoms with van der Waals surface area (Å²) in [7, 11) is 3.67. The van der Waals surface area contributed by atoms with Crippen molar-refractivity contribution in [1.82, 2.24) is 29.7 Å². The smallest absolute Gasteiger partial charge is 0.227 e. The summed E-state index contributed by atoms with van der Waals surface area (Å²) in [6.07, 6.45) is 4.69. The van der Waals surface area contributed by atoms with Gasteiger partial charge in [0.05, 0.1) is 18.4 Å². The van der Waals surface area contributed by atoms with Gasteiger partial charge in [-0.05, 0) is 44.5 Å². The Balaban J connectivity index is 1.50. The molecular weight excluding hydrogens is 432 g/mol. The average Bonchev–Trinajstić information content (AvgIpc) is 3.49. The molecule has 5 rings (SSSR count). The SMILES string of the molecule is CCOc1cc(-c2nncn2C)ccc1Nc1ncc2cc(C)nc(N3CCC(OC)C3)c2n1. The highest BCUT2D eigenvalue weighted by atomic mass is 16.5. The fourth-order valence-electron chi connectivity index (χ4n) is 4.25. The average molecular weight is 461 g/mol. The molecule has 34 heavy (non-hydrogen) atoms. The third kappa shape index (κ3) is 4.24. The largest absolute Gasteiger partial charge is 0.492 e. The minimum absolute atomic E-state index is 0.206. The van der Waals surface area contributed by atoms with Gasteiger partial charge in [-0.2, -0.15) is 0 Å². The van der Waals surface area contributed by atoms with Crippen molar-refractivity contribution in [3.05, 3.63) is 42.5 Å². The molecule has 4 aromatic rings. The highest BCUT2D eigenvalue weighted by Gasteiger charge is 2.25. The molecule has 1 saturated heterocycles. The van der Waals surface area contributed by atoms with Crippen molar-refractivity contribution in [2.24, 2.45) is 7.05 Å². The number of hydrogen-bond acceptors (Lipinski definition) is 9. The number of hydrogen-bond donors (Lipinski definition) is 1. The molecule has 3 aromatic heterocycles. The molecule has 1 N–H and O–H groups in total. The van der Waals surface area contributed by atoms with E-state index in [0.717, 1.165) is 59.0 Å². The molecule has 1 aromatic carbocycles. The summed E-state index contributed by atoms with van der Waals surface area (Å²) in [6, 6.07) is 7.87. The zero-order chi connectivity index (χ0) is 23.7. The van der Waals surface area contributed by atoms with E-state index in [1.54, 1.807) is 13.4 Å². The normalized spacial score (nSPS) is 15.8. The summed E-state index contributed by atoms with van der Waals surface area (Å²) in [5.41, 5.74) is 3.44. The molecule has 1 atom stereocenters. The van der Waals surface area contributed by atoms with E-state index in [-0.39, 0.29) is 6.10 Å². The number of methoxy groups -OCH3 is 1. The van der Waals surface area contributed by atoms with Crippen molar-refractivity contribution in [3.8, 4) is 17.1 Å². The number of aryl methyl sites for hydroxylation is 2. The first-order valence-electron chi connectivity index (χ1n) is 11.4. The highest BCUT2D eigenvalue weighted by molar-refractivity contribution is 5.89. The second-order valence-corrected chi connectivity index (χ2v) is 8.35. The van der Waals surface area contributed by atoms with Crippen molar-refractivity contribution < 1.29 is 9.47 Å². The van der Waals surface area contributed by atoms with Gasteiger partial charge in [0.2, 0.25) is 5.95 Å². The van der Waals surface area contributed by atoms with Crippen LogP contribution in [0.15, 0.2) is 36.8 Å². The molecule has 0 radical (unpaired) electrons. The predicted molar refractivity (Wildman–Crippen MR) is 131 cm³/mol. The zero-order valence-corrected chi connectivity index (χ0v) is 19.8. The summed E-state index contributed by atoms with van der Waals surface area (Å²) in [5.74, 6) is 2.80. The van der Waals surface area contributed by atoms with Gasteiger partial charge in [-0.15, -0.1) is 10.2 Å². The van der Waals surface area contributed by atoms with E-state index in [2.05, 4.69) is 25.4 Å². The van der Waals surface area contributed by atoms with E-state index in [0.29, 0.717) is 18.3 Å². The number of nitrogens with zero attached hydrogens (tertiary/aromatic N) is 7. The summed E-state index contributed by atoms with van der Waals surface area (Å²) >= 11 is 0. The van der Waals surface area contributed by atoms with Gasteiger partial charge in [0.1, 0.15) is 17.6 Å². The molecule has 0 amide bonds. The Kier molecular flexibility index (Phi) is 5.97. The molecule has 1 aliphatic rings. The van der Waals surface area contributed by atoms with Crippen molar-refractivity contribution in [1.29, 1.82) is 0 Å². The first kappa shape index (κ1) is 22.0. The lowest BCUT2D eigenvalue weighted by atomic mass is 10.1. The number of rotatable bonds is 7. The van der Waals surface area contributed by atoms with Gasteiger partial charge in [0.15, 0.2) is 11.6 Å². The standard InChI is InChI=1S/C24H28N8O2/c1-5-34-20-11-16(22-30-26-14-31(22)3)6-7-19(20)28-24-25-12-17-10-15(2)27-23(21(17)29-24)32-9-8-18(13-32)33-4/h6-7,10-12,14,18H,5,8-9,13H2,1-4H3,(H,25,28,29). The molecule has 1 aliphatic heterocycles. The third-order valence-corrected chi connectivity index (χ3v) is 5.95. The van der Waals surface area contributed by atoms with Gasteiger partial charge in [-0.1, -0.05) is 0 Å². The maximum Gasteiger partial charge on any atom is 0.227 e. The van der Waals surface area contributed by atoms with Crippen molar-refractivity contribution >= 4 is 28.4 Å². The summed E-state index contributed by atoms with van der Waals surface area (Å²) in [4.78, 5) is 16.4. The van der Waals surface area contributed by atoms with Gasteiger partial charge in [-0.3, -0.25) is 0 Å². The first-order valence-corrected chi connectivity index (χ1v) is 11.4. The van der Waals surface area contributed by atoms with E-state index in [9.17, 15) is 0 Å². The first-order chi connectivity index (χ1) is 16.6. The zero-order valence-electron chi connectivity index (χ0n) is 19.8. The molecule has 176 valence electrons. The lowest BCUT2D eigenvalue weighted by Crippen LogP contribution is -2.24. The second kappa shape index (κ2) is 9.22. The summed E-state index contributed by atoms with van der Waals surface area (Å²) < 4.78 is 13.3. The van der Waals surface area contributed by atoms with Crippen LogP contribution in [0.2, 0.25) is 0 Å². The minimum atomic E-state index is 0.206.